The van der Waals surface area contributed by atoms with Crippen molar-refractivity contribution in [2.24, 2.45) is 0 Å². The maximum Gasteiger partial charge on any atom is 0.243 e. The Morgan fingerprint density at radius 2 is 1.92 bits per heavy atom. The quantitative estimate of drug-likeness (QED) is 0.700. The summed E-state index contributed by atoms with van der Waals surface area (Å²) in [5, 5.41) is 10.5. The third-order valence-electron chi connectivity index (χ3n) is 3.93. The molecule has 2 aromatic carbocycles. The average molecular weight is 373 g/mol. The minimum atomic E-state index is -0.426. The van der Waals surface area contributed by atoms with Gasteiger partial charge in [-0.15, -0.1) is 0 Å². The number of aryl methyl sites for hydroxylation is 1. The molecule has 2 N–H and O–H groups in total. The lowest BCUT2D eigenvalue weighted by Gasteiger charge is -2.10. The summed E-state index contributed by atoms with van der Waals surface area (Å²) >= 11 is 5.95. The minimum absolute atomic E-state index is 0.000743. The van der Waals surface area contributed by atoms with Crippen molar-refractivity contribution in [2.75, 3.05) is 17.2 Å². The average Bonchev–Trinajstić information content (AvgIpc) is 2.90. The molecular formula is C19H18ClFN4O. The van der Waals surface area contributed by atoms with E-state index in [0.29, 0.717) is 11.4 Å². The molecule has 0 aliphatic rings. The van der Waals surface area contributed by atoms with E-state index in [4.69, 9.17) is 11.6 Å². The van der Waals surface area contributed by atoms with E-state index in [0.717, 1.165) is 17.1 Å². The van der Waals surface area contributed by atoms with E-state index in [1.165, 1.54) is 18.2 Å². The Balaban J connectivity index is 1.71. The highest BCUT2D eigenvalue weighted by Crippen LogP contribution is 2.24. The largest absolute Gasteiger partial charge is 0.375 e. The summed E-state index contributed by atoms with van der Waals surface area (Å²) in [6.07, 6.45) is 0. The van der Waals surface area contributed by atoms with E-state index in [1.54, 1.807) is 4.68 Å². The number of benzene rings is 2. The first-order valence-electron chi connectivity index (χ1n) is 8.06. The summed E-state index contributed by atoms with van der Waals surface area (Å²) in [5.41, 5.74) is 3.65. The normalized spacial score (nSPS) is 10.6. The van der Waals surface area contributed by atoms with Gasteiger partial charge in [0.25, 0.3) is 0 Å². The Hall–Kier alpha value is -2.86. The number of nitrogens with zero attached hydrogens (tertiary/aromatic N) is 2. The van der Waals surface area contributed by atoms with Crippen molar-refractivity contribution in [3.63, 3.8) is 0 Å². The van der Waals surface area contributed by atoms with E-state index < -0.39 is 5.82 Å². The molecule has 0 bridgehead atoms. The fourth-order valence-corrected chi connectivity index (χ4v) is 2.87. The van der Waals surface area contributed by atoms with Gasteiger partial charge in [-0.1, -0.05) is 29.8 Å². The number of para-hydroxylation sites is 1. The van der Waals surface area contributed by atoms with Gasteiger partial charge in [0.1, 0.15) is 5.82 Å². The number of halogens is 2. The Kier molecular flexibility index (Phi) is 5.23. The lowest BCUT2D eigenvalue weighted by Crippen LogP contribution is -2.22. The second-order valence-corrected chi connectivity index (χ2v) is 6.23. The van der Waals surface area contributed by atoms with Gasteiger partial charge in [-0.25, -0.2) is 9.07 Å². The summed E-state index contributed by atoms with van der Waals surface area (Å²) in [6.45, 7) is 3.74. The third-order valence-corrected chi connectivity index (χ3v) is 4.24. The molecule has 0 atom stereocenters. The maximum atomic E-state index is 13.1. The van der Waals surface area contributed by atoms with Gasteiger partial charge >= 0.3 is 0 Å². The molecule has 1 aromatic heterocycles. The number of nitrogens with one attached hydrogen (secondary N) is 2. The van der Waals surface area contributed by atoms with Gasteiger partial charge in [-0.05, 0) is 44.2 Å². The molecule has 0 unspecified atom stereocenters. The Morgan fingerprint density at radius 3 is 2.62 bits per heavy atom. The molecule has 5 nitrogen and oxygen atoms in total. The van der Waals surface area contributed by atoms with Crippen molar-refractivity contribution in [1.29, 1.82) is 0 Å². The molecule has 0 saturated carbocycles. The first kappa shape index (κ1) is 17.9. The molecule has 3 rings (SSSR count). The Bertz CT molecular complexity index is 940. The highest BCUT2D eigenvalue weighted by Gasteiger charge is 2.15. The van der Waals surface area contributed by atoms with Crippen LogP contribution >= 0.6 is 11.6 Å². The van der Waals surface area contributed by atoms with E-state index >= 15 is 0 Å². The second kappa shape index (κ2) is 7.58. The summed E-state index contributed by atoms with van der Waals surface area (Å²) in [5.74, 6) is -0.672. The lowest BCUT2D eigenvalue weighted by atomic mass is 10.3. The molecule has 0 aliphatic heterocycles. The number of rotatable bonds is 5. The summed E-state index contributed by atoms with van der Waals surface area (Å²) in [4.78, 5) is 12.3. The lowest BCUT2D eigenvalue weighted by molar-refractivity contribution is -0.114. The van der Waals surface area contributed by atoms with Crippen molar-refractivity contribution < 1.29 is 9.18 Å². The van der Waals surface area contributed by atoms with Crippen LogP contribution in [0.2, 0.25) is 5.02 Å². The fourth-order valence-electron chi connectivity index (χ4n) is 2.64. The highest BCUT2D eigenvalue weighted by atomic mass is 35.5. The predicted octanol–water partition coefficient (Wildman–Crippen LogP) is 4.33. The number of hydrogen-bond acceptors (Lipinski definition) is 3. The van der Waals surface area contributed by atoms with Gasteiger partial charge in [0.15, 0.2) is 0 Å². The van der Waals surface area contributed by atoms with Crippen LogP contribution in [0.3, 0.4) is 0 Å². The number of aromatic nitrogens is 2. The Labute approximate surface area is 155 Å². The van der Waals surface area contributed by atoms with Crippen molar-refractivity contribution in [3.8, 4) is 5.69 Å². The zero-order valence-electron chi connectivity index (χ0n) is 14.4. The number of hydrogen-bond donors (Lipinski definition) is 2. The van der Waals surface area contributed by atoms with Gasteiger partial charge in [-0.3, -0.25) is 4.79 Å². The molecule has 26 heavy (non-hydrogen) atoms. The smallest absolute Gasteiger partial charge is 0.243 e. The van der Waals surface area contributed by atoms with E-state index in [1.807, 2.05) is 44.2 Å². The standard InChI is InChI=1S/C19H18ClFN4O/c1-12-19(13(2)25(24-12)15-6-4-3-5-7-15)23-18(26)11-22-17-9-8-14(21)10-16(17)20/h3-10,22H,11H2,1-2H3,(H,23,26). The molecule has 7 heteroatoms. The van der Waals surface area contributed by atoms with Gasteiger partial charge in [0, 0.05) is 0 Å². The zero-order chi connectivity index (χ0) is 18.7. The van der Waals surface area contributed by atoms with Crippen molar-refractivity contribution >= 4 is 28.9 Å². The maximum absolute atomic E-state index is 13.1. The van der Waals surface area contributed by atoms with E-state index in [-0.39, 0.29) is 17.5 Å². The van der Waals surface area contributed by atoms with Crippen LogP contribution in [0, 0.1) is 19.7 Å². The van der Waals surface area contributed by atoms with Crippen LogP contribution in [0.15, 0.2) is 48.5 Å². The SMILES string of the molecule is Cc1nn(-c2ccccc2)c(C)c1NC(=O)CNc1ccc(F)cc1Cl. The Morgan fingerprint density at radius 1 is 1.19 bits per heavy atom. The summed E-state index contributed by atoms with van der Waals surface area (Å²) < 4.78 is 14.9. The number of amides is 1. The van der Waals surface area contributed by atoms with Crippen LogP contribution < -0.4 is 10.6 Å². The van der Waals surface area contributed by atoms with E-state index in [9.17, 15) is 9.18 Å². The van der Waals surface area contributed by atoms with Crippen molar-refractivity contribution in [2.45, 2.75) is 13.8 Å². The molecule has 3 aromatic rings. The topological polar surface area (TPSA) is 59.0 Å². The molecule has 134 valence electrons. The first-order chi connectivity index (χ1) is 12.5. The predicted molar refractivity (Wildman–Crippen MR) is 102 cm³/mol. The highest BCUT2D eigenvalue weighted by molar-refractivity contribution is 6.33. The molecule has 1 amide bonds. The van der Waals surface area contributed by atoms with Crippen LogP contribution in [0.5, 0.6) is 0 Å². The van der Waals surface area contributed by atoms with E-state index in [2.05, 4.69) is 15.7 Å². The summed E-state index contributed by atoms with van der Waals surface area (Å²) in [6, 6.07) is 13.7. The molecule has 0 radical (unpaired) electrons. The second-order valence-electron chi connectivity index (χ2n) is 5.82. The van der Waals surface area contributed by atoms with Crippen LogP contribution in [-0.4, -0.2) is 22.2 Å². The molecular weight excluding hydrogens is 355 g/mol. The van der Waals surface area contributed by atoms with Gasteiger partial charge in [0.2, 0.25) is 5.91 Å². The van der Waals surface area contributed by atoms with Crippen molar-refractivity contribution in [1.82, 2.24) is 9.78 Å². The van der Waals surface area contributed by atoms with Gasteiger partial charge < -0.3 is 10.6 Å². The van der Waals surface area contributed by atoms with Crippen LogP contribution in [0.25, 0.3) is 5.69 Å². The fraction of sp³-hybridized carbons (Fsp3) is 0.158. The monoisotopic (exact) mass is 372 g/mol. The molecule has 1 heterocycles. The molecule has 0 fully saturated rings. The zero-order valence-corrected chi connectivity index (χ0v) is 15.1. The number of carbonyl (C=O) groups excluding carboxylic acids is 1. The summed E-state index contributed by atoms with van der Waals surface area (Å²) in [7, 11) is 0. The first-order valence-corrected chi connectivity index (χ1v) is 8.44. The van der Waals surface area contributed by atoms with Gasteiger partial charge in [0.05, 0.1) is 40.0 Å². The number of carbonyl (C=O) groups is 1. The van der Waals surface area contributed by atoms with Crippen LogP contribution in [-0.2, 0) is 4.79 Å². The van der Waals surface area contributed by atoms with Crippen molar-refractivity contribution in [3.05, 3.63) is 70.8 Å². The number of anilines is 2. The van der Waals surface area contributed by atoms with Crippen LogP contribution in [0.4, 0.5) is 15.8 Å². The molecule has 0 saturated heterocycles. The molecule has 0 aliphatic carbocycles. The van der Waals surface area contributed by atoms with Crippen LogP contribution in [0.1, 0.15) is 11.4 Å². The minimum Gasteiger partial charge on any atom is -0.375 e. The van der Waals surface area contributed by atoms with Gasteiger partial charge in [-0.2, -0.15) is 5.10 Å². The molecule has 0 spiro atoms. The third kappa shape index (κ3) is 3.86.